The molecule has 1 aliphatic rings. The molecule has 168 valence electrons. The Morgan fingerprint density at radius 2 is 1.72 bits per heavy atom. The van der Waals surface area contributed by atoms with Crippen molar-refractivity contribution in [2.75, 3.05) is 31.1 Å². The van der Waals surface area contributed by atoms with Crippen LogP contribution in [0.3, 0.4) is 0 Å². The summed E-state index contributed by atoms with van der Waals surface area (Å²) in [7, 11) is -3.61. The molecule has 0 aromatic heterocycles. The van der Waals surface area contributed by atoms with Crippen molar-refractivity contribution < 1.29 is 22.7 Å². The number of ether oxygens (including phenoxy) is 1. The normalized spacial score (nSPS) is 15.0. The Hall–Kier alpha value is -3.22. The molecule has 0 unspecified atom stereocenters. The van der Waals surface area contributed by atoms with Gasteiger partial charge in [0.25, 0.3) is 5.91 Å². The summed E-state index contributed by atoms with van der Waals surface area (Å²) in [5, 5.41) is 9.00. The zero-order chi connectivity index (χ0) is 23.1. The van der Waals surface area contributed by atoms with Gasteiger partial charge in [0.15, 0.2) is 6.61 Å². The zero-order valence-corrected chi connectivity index (χ0v) is 18.6. The van der Waals surface area contributed by atoms with Crippen LogP contribution >= 0.6 is 0 Å². The third-order valence-electron chi connectivity index (χ3n) is 5.39. The molecular formula is C23H25N3O5S. The second kappa shape index (κ2) is 10.4. The van der Waals surface area contributed by atoms with E-state index in [4.69, 9.17) is 10.00 Å². The van der Waals surface area contributed by atoms with Crippen LogP contribution in [0.4, 0.5) is 5.69 Å². The fourth-order valence-corrected chi connectivity index (χ4v) is 4.90. The van der Waals surface area contributed by atoms with Gasteiger partial charge >= 0.3 is 5.97 Å². The first-order valence-corrected chi connectivity index (χ1v) is 11.8. The molecule has 0 bridgehead atoms. The minimum absolute atomic E-state index is 0.115. The molecule has 0 radical (unpaired) electrons. The molecule has 1 aliphatic heterocycles. The van der Waals surface area contributed by atoms with E-state index in [-0.39, 0.29) is 17.0 Å². The number of nitriles is 1. The summed E-state index contributed by atoms with van der Waals surface area (Å²) < 4.78 is 32.1. The molecule has 9 heteroatoms. The Kier molecular flexibility index (Phi) is 7.62. The number of benzene rings is 2. The molecule has 8 nitrogen and oxygen atoms in total. The molecule has 32 heavy (non-hydrogen) atoms. The highest BCUT2D eigenvalue weighted by Gasteiger charge is 2.28. The highest BCUT2D eigenvalue weighted by Crippen LogP contribution is 2.23. The molecule has 1 saturated heterocycles. The van der Waals surface area contributed by atoms with E-state index in [0.29, 0.717) is 24.7 Å². The Bertz CT molecular complexity index is 1090. The van der Waals surface area contributed by atoms with Gasteiger partial charge in [-0.3, -0.25) is 9.69 Å². The summed E-state index contributed by atoms with van der Waals surface area (Å²) >= 11 is 0. The van der Waals surface area contributed by atoms with Crippen molar-refractivity contribution in [2.45, 2.75) is 24.7 Å². The molecule has 0 N–H and O–H groups in total. The third kappa shape index (κ3) is 5.52. The molecule has 2 aromatic rings. The van der Waals surface area contributed by atoms with Gasteiger partial charge in [0.1, 0.15) is 6.54 Å². The number of hydrogen-bond donors (Lipinski definition) is 0. The molecule has 2 aromatic carbocycles. The summed E-state index contributed by atoms with van der Waals surface area (Å²) in [6.45, 7) is 2.35. The van der Waals surface area contributed by atoms with E-state index in [1.807, 2.05) is 6.07 Å². The zero-order valence-electron chi connectivity index (χ0n) is 17.8. The topological polar surface area (TPSA) is 108 Å². The second-order valence-corrected chi connectivity index (χ2v) is 9.60. The van der Waals surface area contributed by atoms with Crippen LogP contribution in [0.25, 0.3) is 0 Å². The number of sulfonamides is 1. The first kappa shape index (κ1) is 23.4. The maximum atomic E-state index is 12.8. The smallest absolute Gasteiger partial charge is 0.338 e. The van der Waals surface area contributed by atoms with E-state index in [9.17, 15) is 18.0 Å². The van der Waals surface area contributed by atoms with Gasteiger partial charge in [0.05, 0.1) is 16.5 Å². The molecule has 1 fully saturated rings. The van der Waals surface area contributed by atoms with Gasteiger partial charge < -0.3 is 4.74 Å². The van der Waals surface area contributed by atoms with Crippen LogP contribution in [-0.2, 0) is 19.6 Å². The Morgan fingerprint density at radius 1 is 1.09 bits per heavy atom. The van der Waals surface area contributed by atoms with Gasteiger partial charge in [0.2, 0.25) is 10.0 Å². The fourth-order valence-electron chi connectivity index (χ4n) is 3.43. The van der Waals surface area contributed by atoms with Crippen LogP contribution in [-0.4, -0.2) is 50.8 Å². The van der Waals surface area contributed by atoms with Crippen LogP contribution in [0, 0.1) is 17.2 Å². The lowest BCUT2D eigenvalue weighted by molar-refractivity contribution is -0.121. The quantitative estimate of drug-likeness (QED) is 0.469. The minimum atomic E-state index is -3.61. The lowest BCUT2D eigenvalue weighted by atomic mass is 10.0. The number of piperidine rings is 1. The van der Waals surface area contributed by atoms with Crippen molar-refractivity contribution in [1.82, 2.24) is 4.31 Å². The molecule has 1 amide bonds. The number of para-hydroxylation sites is 1. The summed E-state index contributed by atoms with van der Waals surface area (Å²) in [4.78, 5) is 26.2. The number of amides is 1. The monoisotopic (exact) mass is 455 g/mol. The summed E-state index contributed by atoms with van der Waals surface area (Å²) in [5.41, 5.74) is 0.660. The van der Waals surface area contributed by atoms with Crippen molar-refractivity contribution in [3.63, 3.8) is 0 Å². The van der Waals surface area contributed by atoms with Gasteiger partial charge in [-0.05, 0) is 55.2 Å². The third-order valence-corrected chi connectivity index (χ3v) is 7.31. The summed E-state index contributed by atoms with van der Waals surface area (Å²) in [6, 6.07) is 16.0. The molecule has 0 saturated carbocycles. The lowest BCUT2D eigenvalue weighted by Crippen LogP contribution is -2.37. The van der Waals surface area contributed by atoms with E-state index < -0.39 is 28.5 Å². The van der Waals surface area contributed by atoms with Crippen molar-refractivity contribution in [2.24, 2.45) is 5.92 Å². The van der Waals surface area contributed by atoms with E-state index in [2.05, 4.69) is 6.92 Å². The van der Waals surface area contributed by atoms with Crippen LogP contribution in [0.15, 0.2) is 59.5 Å². The number of carbonyl (C=O) groups is 2. The maximum Gasteiger partial charge on any atom is 0.338 e. The number of rotatable bonds is 7. The summed E-state index contributed by atoms with van der Waals surface area (Å²) in [6.07, 6.45) is 1.65. The van der Waals surface area contributed by atoms with Gasteiger partial charge in [-0.1, -0.05) is 25.1 Å². The molecular weight excluding hydrogens is 430 g/mol. The average Bonchev–Trinajstić information content (AvgIpc) is 2.81. The molecule has 0 spiro atoms. The number of esters is 1. The van der Waals surface area contributed by atoms with Crippen LogP contribution in [0.1, 0.15) is 30.1 Å². The van der Waals surface area contributed by atoms with Gasteiger partial charge in [-0.15, -0.1) is 0 Å². The second-order valence-electron chi connectivity index (χ2n) is 7.66. The lowest BCUT2D eigenvalue weighted by Gasteiger charge is -2.29. The van der Waals surface area contributed by atoms with E-state index >= 15 is 0 Å². The number of carbonyl (C=O) groups excluding carboxylic acids is 2. The average molecular weight is 456 g/mol. The van der Waals surface area contributed by atoms with Crippen LogP contribution in [0.5, 0.6) is 0 Å². The number of hydrogen-bond acceptors (Lipinski definition) is 6. The molecule has 0 atom stereocenters. The highest BCUT2D eigenvalue weighted by molar-refractivity contribution is 7.89. The first-order chi connectivity index (χ1) is 15.3. The van der Waals surface area contributed by atoms with Crippen molar-refractivity contribution in [3.8, 4) is 6.07 Å². The predicted octanol–water partition coefficient (Wildman–Crippen LogP) is 2.82. The maximum absolute atomic E-state index is 12.8. The first-order valence-electron chi connectivity index (χ1n) is 10.3. The van der Waals surface area contributed by atoms with Gasteiger partial charge in [-0.2, -0.15) is 9.57 Å². The predicted molar refractivity (Wildman–Crippen MR) is 118 cm³/mol. The van der Waals surface area contributed by atoms with E-state index in [0.717, 1.165) is 12.8 Å². The van der Waals surface area contributed by atoms with Gasteiger partial charge in [-0.25, -0.2) is 13.2 Å². The largest absolute Gasteiger partial charge is 0.452 e. The summed E-state index contributed by atoms with van der Waals surface area (Å²) in [5.74, 6) is -0.782. The van der Waals surface area contributed by atoms with Crippen molar-refractivity contribution in [1.29, 1.82) is 5.26 Å². The SMILES string of the molecule is CC1CCN(S(=O)(=O)c2ccc(C(=O)OCC(=O)N(CC#N)c3ccccc3)cc2)CC1. The Balaban J connectivity index is 1.62. The molecule has 3 rings (SSSR count). The number of nitrogens with zero attached hydrogens (tertiary/aromatic N) is 3. The van der Waals surface area contributed by atoms with Crippen LogP contribution in [0.2, 0.25) is 0 Å². The standard InChI is InChI=1S/C23H25N3O5S/c1-18-11-14-25(15-12-18)32(29,30)21-9-7-19(8-10-21)23(28)31-17-22(27)26(16-13-24)20-5-3-2-4-6-20/h2-10,18H,11-12,14-17H2,1H3. The molecule has 0 aliphatic carbocycles. The van der Waals surface area contributed by atoms with Crippen molar-refractivity contribution in [3.05, 3.63) is 60.2 Å². The van der Waals surface area contributed by atoms with E-state index in [1.54, 1.807) is 30.3 Å². The Labute approximate surface area is 188 Å². The van der Waals surface area contributed by atoms with Gasteiger partial charge in [0, 0.05) is 18.8 Å². The minimum Gasteiger partial charge on any atom is -0.452 e. The molecule has 1 heterocycles. The van der Waals surface area contributed by atoms with Crippen molar-refractivity contribution >= 4 is 27.6 Å². The fraction of sp³-hybridized carbons (Fsp3) is 0.348. The van der Waals surface area contributed by atoms with Crippen LogP contribution < -0.4 is 4.90 Å². The number of anilines is 1. The Morgan fingerprint density at radius 3 is 2.31 bits per heavy atom. The highest BCUT2D eigenvalue weighted by atomic mass is 32.2. The van der Waals surface area contributed by atoms with E-state index in [1.165, 1.54) is 33.5 Å².